The van der Waals surface area contributed by atoms with E-state index in [1.807, 2.05) is 0 Å². The maximum Gasteiger partial charge on any atom is 0.270 e. The molecule has 2 rings (SSSR count). The van der Waals surface area contributed by atoms with Gasteiger partial charge in [-0.2, -0.15) is 9.41 Å². The number of benzene rings is 1. The second kappa shape index (κ2) is 8.79. The second-order valence-electron chi connectivity index (χ2n) is 5.44. The quantitative estimate of drug-likeness (QED) is 0.384. The third kappa shape index (κ3) is 4.83. The fourth-order valence-electron chi connectivity index (χ4n) is 2.34. The molecule has 0 bridgehead atoms. The van der Waals surface area contributed by atoms with Crippen LogP contribution in [0.25, 0.3) is 0 Å². The highest BCUT2D eigenvalue weighted by Gasteiger charge is 2.27. The van der Waals surface area contributed by atoms with E-state index in [0.29, 0.717) is 10.0 Å². The molecule has 0 saturated heterocycles. The number of non-ortho nitro benzene ring substituents is 1. The van der Waals surface area contributed by atoms with Crippen molar-refractivity contribution in [3.8, 4) is 0 Å². The third-order valence-electron chi connectivity index (χ3n) is 3.77. The van der Waals surface area contributed by atoms with Gasteiger partial charge in [-0.3, -0.25) is 15.5 Å². The van der Waals surface area contributed by atoms with Gasteiger partial charge in [0.25, 0.3) is 5.69 Å². The molecule has 1 N–H and O–H groups in total. The van der Waals surface area contributed by atoms with Gasteiger partial charge in [0.1, 0.15) is 4.90 Å². The van der Waals surface area contributed by atoms with E-state index < -0.39 is 14.9 Å². The minimum Gasteiger partial charge on any atom is -0.277 e. The molecule has 0 amide bonds. The molecule has 0 fully saturated rings. The molecule has 0 spiro atoms. The number of nitrogens with one attached hydrogen (secondary N) is 1. The van der Waals surface area contributed by atoms with Crippen LogP contribution in [0.2, 0.25) is 4.34 Å². The molecule has 8 nitrogen and oxygen atoms in total. The predicted molar refractivity (Wildman–Crippen MR) is 108 cm³/mol. The SMILES string of the molecule is CCN(CC)S(=O)(=O)c1cc([N+](=O)[O-])ccc1N/N=C(/C)c1ccc(Cl)s1. The van der Waals surface area contributed by atoms with Gasteiger partial charge in [-0.15, -0.1) is 11.3 Å². The predicted octanol–water partition coefficient (Wildman–Crippen LogP) is 4.18. The summed E-state index contributed by atoms with van der Waals surface area (Å²) in [6.45, 7) is 5.65. The van der Waals surface area contributed by atoms with Gasteiger partial charge in [0.15, 0.2) is 0 Å². The lowest BCUT2D eigenvalue weighted by atomic mass is 10.3. The average molecular weight is 431 g/mol. The number of nitrogens with zero attached hydrogens (tertiary/aromatic N) is 3. The summed E-state index contributed by atoms with van der Waals surface area (Å²) in [6.07, 6.45) is 0. The monoisotopic (exact) mass is 430 g/mol. The van der Waals surface area contributed by atoms with Crippen molar-refractivity contribution in [3.05, 3.63) is 49.7 Å². The number of thiophene rings is 1. The zero-order valence-electron chi connectivity index (χ0n) is 15.0. The Morgan fingerprint density at radius 1 is 1.30 bits per heavy atom. The Balaban J connectivity index is 2.48. The van der Waals surface area contributed by atoms with Gasteiger partial charge in [-0.25, -0.2) is 8.42 Å². The molecular formula is C16H19ClN4O4S2. The summed E-state index contributed by atoms with van der Waals surface area (Å²) in [5.41, 5.74) is 3.18. The highest BCUT2D eigenvalue weighted by Crippen LogP contribution is 2.29. The van der Waals surface area contributed by atoms with Gasteiger partial charge in [0.05, 0.1) is 25.5 Å². The Hall–Kier alpha value is -2.01. The van der Waals surface area contributed by atoms with E-state index in [2.05, 4.69) is 10.5 Å². The summed E-state index contributed by atoms with van der Waals surface area (Å²) in [4.78, 5) is 11.1. The third-order valence-corrected chi connectivity index (χ3v) is 7.20. The number of nitro groups is 1. The standard InChI is InChI=1S/C16H19ClN4O4S2/c1-4-20(5-2)27(24,25)15-10-12(21(22)23)6-7-13(15)19-18-11(3)14-8-9-16(17)26-14/h6-10,19H,4-5H2,1-3H3/b18-11-. The number of anilines is 1. The van der Waals surface area contributed by atoms with Gasteiger partial charge in [-0.05, 0) is 25.1 Å². The van der Waals surface area contributed by atoms with Crippen LogP contribution in [0.4, 0.5) is 11.4 Å². The van der Waals surface area contributed by atoms with Crippen molar-refractivity contribution in [1.29, 1.82) is 0 Å². The normalized spacial score (nSPS) is 12.4. The van der Waals surface area contributed by atoms with E-state index in [1.165, 1.54) is 27.8 Å². The Kier molecular flexibility index (Phi) is 6.93. The van der Waals surface area contributed by atoms with Crippen LogP contribution >= 0.6 is 22.9 Å². The largest absolute Gasteiger partial charge is 0.277 e. The van der Waals surface area contributed by atoms with E-state index in [-0.39, 0.29) is 29.4 Å². The molecule has 146 valence electrons. The minimum absolute atomic E-state index is 0.162. The molecule has 0 aliphatic carbocycles. The van der Waals surface area contributed by atoms with Crippen LogP contribution in [-0.2, 0) is 10.0 Å². The van der Waals surface area contributed by atoms with E-state index >= 15 is 0 Å². The minimum atomic E-state index is -3.92. The first-order valence-corrected chi connectivity index (χ1v) is 10.7. The molecule has 27 heavy (non-hydrogen) atoms. The van der Waals surface area contributed by atoms with Crippen molar-refractivity contribution >= 4 is 50.0 Å². The fourth-order valence-corrected chi connectivity index (χ4v) is 4.95. The highest BCUT2D eigenvalue weighted by atomic mass is 35.5. The Morgan fingerprint density at radius 3 is 2.48 bits per heavy atom. The molecule has 1 aromatic carbocycles. The first kappa shape index (κ1) is 21.3. The molecule has 2 aromatic rings. The van der Waals surface area contributed by atoms with Crippen molar-refractivity contribution in [2.45, 2.75) is 25.7 Å². The van der Waals surface area contributed by atoms with Crippen molar-refractivity contribution in [2.75, 3.05) is 18.5 Å². The number of sulfonamides is 1. The van der Waals surface area contributed by atoms with Crippen LogP contribution in [0.1, 0.15) is 25.6 Å². The second-order valence-corrected chi connectivity index (χ2v) is 9.06. The lowest BCUT2D eigenvalue weighted by Gasteiger charge is -2.20. The molecule has 11 heteroatoms. The summed E-state index contributed by atoms with van der Waals surface area (Å²) in [5.74, 6) is 0. The van der Waals surface area contributed by atoms with Crippen LogP contribution in [-0.4, -0.2) is 36.4 Å². The lowest BCUT2D eigenvalue weighted by Crippen LogP contribution is -2.31. The van der Waals surface area contributed by atoms with E-state index in [4.69, 9.17) is 11.6 Å². The van der Waals surface area contributed by atoms with Gasteiger partial charge in [-0.1, -0.05) is 25.4 Å². The first-order chi connectivity index (χ1) is 12.7. The zero-order chi connectivity index (χ0) is 20.2. The van der Waals surface area contributed by atoms with Crippen LogP contribution in [0.3, 0.4) is 0 Å². The number of hydrazone groups is 1. The average Bonchev–Trinajstić information content (AvgIpc) is 3.06. The smallest absolute Gasteiger partial charge is 0.270 e. The maximum absolute atomic E-state index is 12.9. The van der Waals surface area contributed by atoms with Crippen LogP contribution in [0.15, 0.2) is 40.3 Å². The van der Waals surface area contributed by atoms with Crippen molar-refractivity contribution < 1.29 is 13.3 Å². The molecular weight excluding hydrogens is 412 g/mol. The van der Waals surface area contributed by atoms with Gasteiger partial charge < -0.3 is 0 Å². The van der Waals surface area contributed by atoms with E-state index in [0.717, 1.165) is 10.9 Å². The Bertz CT molecular complexity index is 969. The molecule has 0 unspecified atom stereocenters. The number of halogens is 1. The molecule has 1 aromatic heterocycles. The summed E-state index contributed by atoms with van der Waals surface area (Å²) in [7, 11) is -3.92. The first-order valence-electron chi connectivity index (χ1n) is 8.05. The van der Waals surface area contributed by atoms with Crippen LogP contribution < -0.4 is 5.43 Å². The summed E-state index contributed by atoms with van der Waals surface area (Å²) in [6, 6.07) is 7.16. The van der Waals surface area contributed by atoms with Gasteiger partial charge in [0, 0.05) is 25.2 Å². The van der Waals surface area contributed by atoms with E-state index in [9.17, 15) is 18.5 Å². The zero-order valence-corrected chi connectivity index (χ0v) is 17.4. The number of hydrogen-bond donors (Lipinski definition) is 1. The van der Waals surface area contributed by atoms with Crippen LogP contribution in [0.5, 0.6) is 0 Å². The Labute approximate surface area is 166 Å². The summed E-state index contributed by atoms with van der Waals surface area (Å²) in [5, 5.41) is 15.3. The van der Waals surface area contributed by atoms with Crippen molar-refractivity contribution in [1.82, 2.24) is 4.31 Å². The Morgan fingerprint density at radius 2 is 1.96 bits per heavy atom. The van der Waals surface area contributed by atoms with Crippen molar-refractivity contribution in [3.63, 3.8) is 0 Å². The molecule has 0 atom stereocenters. The molecule has 1 heterocycles. The van der Waals surface area contributed by atoms with Gasteiger partial charge >= 0.3 is 0 Å². The molecule has 0 saturated carbocycles. The number of rotatable bonds is 8. The topological polar surface area (TPSA) is 105 Å². The lowest BCUT2D eigenvalue weighted by molar-refractivity contribution is -0.385. The highest BCUT2D eigenvalue weighted by molar-refractivity contribution is 7.89. The van der Waals surface area contributed by atoms with Crippen LogP contribution in [0, 0.1) is 10.1 Å². The molecule has 0 aliphatic heterocycles. The van der Waals surface area contributed by atoms with Crippen molar-refractivity contribution in [2.24, 2.45) is 5.10 Å². The van der Waals surface area contributed by atoms with E-state index in [1.54, 1.807) is 32.9 Å². The maximum atomic E-state index is 12.9. The molecule has 0 aliphatic rings. The fraction of sp³-hybridized carbons (Fsp3) is 0.312. The summed E-state index contributed by atoms with van der Waals surface area (Å²) < 4.78 is 27.7. The number of nitro benzene ring substituents is 1. The summed E-state index contributed by atoms with van der Waals surface area (Å²) >= 11 is 7.25. The van der Waals surface area contributed by atoms with Gasteiger partial charge in [0.2, 0.25) is 10.0 Å². The molecule has 0 radical (unpaired) electrons. The number of hydrogen-bond acceptors (Lipinski definition) is 7.